The number of nitrogens with zero attached hydrogens (tertiary/aromatic N) is 1. The van der Waals surface area contributed by atoms with Crippen LogP contribution in [0.2, 0.25) is 0 Å². The Balaban J connectivity index is 1.78. The fourth-order valence-corrected chi connectivity index (χ4v) is 3.17. The van der Waals surface area contributed by atoms with Crippen LogP contribution in [0.25, 0.3) is 11.3 Å². The van der Waals surface area contributed by atoms with E-state index >= 15 is 0 Å². The molecule has 0 aliphatic carbocycles. The van der Waals surface area contributed by atoms with Crippen LogP contribution in [0.3, 0.4) is 0 Å². The van der Waals surface area contributed by atoms with Crippen LogP contribution in [0, 0.1) is 0 Å². The van der Waals surface area contributed by atoms with Gasteiger partial charge in [0.05, 0.1) is 23.5 Å². The number of alkyl halides is 3. The number of hydrogen-bond acceptors (Lipinski definition) is 6. The molecule has 1 heterocycles. The molecule has 0 fully saturated rings. The number of ether oxygens (including phenoxy) is 2. The van der Waals surface area contributed by atoms with Gasteiger partial charge in [-0.3, -0.25) is 19.9 Å². The van der Waals surface area contributed by atoms with Crippen molar-refractivity contribution in [1.29, 1.82) is 0 Å². The Morgan fingerprint density at radius 1 is 0.892 bits per heavy atom. The van der Waals surface area contributed by atoms with E-state index < -0.39 is 41.9 Å². The van der Waals surface area contributed by atoms with Crippen LogP contribution in [-0.2, 0) is 9.53 Å². The Morgan fingerprint density at radius 3 is 2.30 bits per heavy atom. The van der Waals surface area contributed by atoms with Crippen molar-refractivity contribution in [2.24, 2.45) is 0 Å². The summed E-state index contributed by atoms with van der Waals surface area (Å²) >= 11 is 0. The highest BCUT2D eigenvalue weighted by Crippen LogP contribution is 2.31. The first-order chi connectivity index (χ1) is 17.3. The monoisotopic (exact) mass is 515 g/mol. The first-order valence-electron chi connectivity index (χ1n) is 11.0. The van der Waals surface area contributed by atoms with E-state index in [9.17, 15) is 27.6 Å². The largest absolute Gasteiger partial charge is 0.573 e. The van der Waals surface area contributed by atoms with Crippen LogP contribution in [0.5, 0.6) is 5.75 Å². The van der Waals surface area contributed by atoms with Gasteiger partial charge in [-0.25, -0.2) is 4.79 Å². The van der Waals surface area contributed by atoms with E-state index in [2.05, 4.69) is 20.4 Å². The number of Topliss-reactive ketones (excluding diaryl/α,β-unsaturated/α-hetero) is 1. The molecular weight excluding hydrogens is 491 g/mol. The van der Waals surface area contributed by atoms with Crippen molar-refractivity contribution < 1.29 is 37.0 Å². The average molecular weight is 515 g/mol. The molecule has 0 aliphatic rings. The molecule has 2 N–H and O–H groups in total. The molecule has 0 saturated carbocycles. The number of anilines is 2. The number of nitrogens with one attached hydrogen (secondary N) is 2. The lowest BCUT2D eigenvalue weighted by Crippen LogP contribution is -2.27. The maximum atomic E-state index is 12.8. The maximum absolute atomic E-state index is 12.8. The summed E-state index contributed by atoms with van der Waals surface area (Å²) in [5, 5.41) is 4.73. The Hall–Kier alpha value is -4.41. The molecule has 8 nitrogen and oxygen atoms in total. The number of ketones is 1. The van der Waals surface area contributed by atoms with Gasteiger partial charge in [0.2, 0.25) is 5.91 Å². The van der Waals surface area contributed by atoms with Gasteiger partial charge in [-0.15, -0.1) is 13.2 Å². The maximum Gasteiger partial charge on any atom is 0.573 e. The molecule has 2 aromatic carbocycles. The Bertz CT molecular complexity index is 1290. The second-order valence-corrected chi connectivity index (χ2v) is 8.83. The first-order valence-corrected chi connectivity index (χ1v) is 11.0. The minimum Gasteiger partial charge on any atom is -0.444 e. The number of halogens is 3. The van der Waals surface area contributed by atoms with E-state index in [1.807, 2.05) is 0 Å². The minimum atomic E-state index is -4.98. The van der Waals surface area contributed by atoms with Crippen molar-refractivity contribution in [3.05, 3.63) is 72.4 Å². The highest BCUT2D eigenvalue weighted by atomic mass is 19.4. The van der Waals surface area contributed by atoms with E-state index in [0.717, 1.165) is 18.2 Å². The number of carbonyl (C=O) groups excluding carboxylic acids is 3. The summed E-state index contributed by atoms with van der Waals surface area (Å²) in [5.41, 5.74) is 0.450. The lowest BCUT2D eigenvalue weighted by Gasteiger charge is -2.21. The van der Waals surface area contributed by atoms with Gasteiger partial charge in [0, 0.05) is 23.4 Å². The fraction of sp³-hybridized carbons (Fsp3) is 0.231. The highest BCUT2D eigenvalue weighted by molar-refractivity contribution is 6.12. The van der Waals surface area contributed by atoms with Gasteiger partial charge in [0.15, 0.2) is 5.78 Å². The Labute approximate surface area is 210 Å². The van der Waals surface area contributed by atoms with Crippen molar-refractivity contribution in [1.82, 2.24) is 4.98 Å². The summed E-state index contributed by atoms with van der Waals surface area (Å²) in [6.45, 7) is 4.89. The number of aromatic nitrogens is 1. The van der Waals surface area contributed by atoms with Crippen molar-refractivity contribution in [3.63, 3.8) is 0 Å². The molecule has 0 spiro atoms. The zero-order valence-electron chi connectivity index (χ0n) is 20.2. The van der Waals surface area contributed by atoms with E-state index in [4.69, 9.17) is 4.74 Å². The Kier molecular flexibility index (Phi) is 8.16. The minimum absolute atomic E-state index is 0.0540. The molecule has 0 saturated heterocycles. The van der Waals surface area contributed by atoms with Gasteiger partial charge in [0.1, 0.15) is 11.4 Å². The third-order valence-electron chi connectivity index (χ3n) is 4.60. The van der Waals surface area contributed by atoms with Crippen LogP contribution in [0.4, 0.5) is 29.3 Å². The van der Waals surface area contributed by atoms with Gasteiger partial charge in [-0.05, 0) is 51.1 Å². The number of benzene rings is 2. The SMILES string of the molecule is CC(C)(C)OC(=O)Nc1ccc(OC(F)(F)F)cc1NC(=O)CC(=O)c1cccc(-c2ccccn2)c1. The molecule has 0 bridgehead atoms. The molecule has 0 atom stereocenters. The molecule has 194 valence electrons. The van der Waals surface area contributed by atoms with Crippen molar-refractivity contribution in [2.45, 2.75) is 39.2 Å². The number of rotatable bonds is 7. The van der Waals surface area contributed by atoms with E-state index in [1.165, 1.54) is 6.07 Å². The van der Waals surface area contributed by atoms with Crippen molar-refractivity contribution in [2.75, 3.05) is 10.6 Å². The number of hydrogen-bond donors (Lipinski definition) is 2. The number of pyridine rings is 1. The third-order valence-corrected chi connectivity index (χ3v) is 4.60. The zero-order chi connectivity index (χ0) is 27.2. The standard InChI is InChI=1S/C26H24F3N3O5/c1-25(2,3)37-24(35)32-20-11-10-18(36-26(27,28)29)14-21(20)31-23(34)15-22(33)17-8-6-7-16(13-17)19-9-4-5-12-30-19/h4-14H,15H2,1-3H3,(H,31,34)(H,32,35). The molecule has 0 unspecified atom stereocenters. The molecule has 11 heteroatoms. The van der Waals surface area contributed by atoms with Gasteiger partial charge in [-0.1, -0.05) is 24.3 Å². The summed E-state index contributed by atoms with van der Waals surface area (Å²) < 4.78 is 47.1. The van der Waals surface area contributed by atoms with Crippen LogP contribution in [0.15, 0.2) is 66.9 Å². The molecule has 37 heavy (non-hydrogen) atoms. The normalized spacial score (nSPS) is 11.4. The lowest BCUT2D eigenvalue weighted by atomic mass is 10.0. The second-order valence-electron chi connectivity index (χ2n) is 8.83. The van der Waals surface area contributed by atoms with E-state index in [1.54, 1.807) is 63.4 Å². The van der Waals surface area contributed by atoms with E-state index in [-0.39, 0.29) is 16.9 Å². The van der Waals surface area contributed by atoms with Gasteiger partial charge < -0.3 is 14.8 Å². The molecule has 0 aliphatic heterocycles. The molecule has 2 amide bonds. The second kappa shape index (κ2) is 11.1. The number of carbonyl (C=O) groups is 3. The Morgan fingerprint density at radius 2 is 1.65 bits per heavy atom. The van der Waals surface area contributed by atoms with Gasteiger partial charge >= 0.3 is 12.5 Å². The van der Waals surface area contributed by atoms with Gasteiger partial charge in [-0.2, -0.15) is 0 Å². The summed E-state index contributed by atoms with van der Waals surface area (Å²) in [7, 11) is 0. The predicted octanol–water partition coefficient (Wildman–Crippen LogP) is 6.21. The topological polar surface area (TPSA) is 107 Å². The summed E-state index contributed by atoms with van der Waals surface area (Å²) in [4.78, 5) is 41.8. The third kappa shape index (κ3) is 8.64. The van der Waals surface area contributed by atoms with Crippen molar-refractivity contribution >= 4 is 29.2 Å². The number of amides is 2. The fourth-order valence-electron chi connectivity index (χ4n) is 3.17. The molecule has 0 radical (unpaired) electrons. The average Bonchev–Trinajstić information content (AvgIpc) is 2.79. The quantitative estimate of drug-likeness (QED) is 0.286. The van der Waals surface area contributed by atoms with E-state index in [0.29, 0.717) is 11.3 Å². The van der Waals surface area contributed by atoms with Crippen LogP contribution in [-0.4, -0.2) is 34.7 Å². The van der Waals surface area contributed by atoms with Crippen LogP contribution < -0.4 is 15.4 Å². The lowest BCUT2D eigenvalue weighted by molar-refractivity contribution is -0.274. The zero-order valence-corrected chi connectivity index (χ0v) is 20.2. The molecule has 3 rings (SSSR count). The smallest absolute Gasteiger partial charge is 0.444 e. The van der Waals surface area contributed by atoms with Crippen LogP contribution >= 0.6 is 0 Å². The molecular formula is C26H24F3N3O5. The predicted molar refractivity (Wildman–Crippen MR) is 130 cm³/mol. The van der Waals surface area contributed by atoms with Crippen LogP contribution in [0.1, 0.15) is 37.6 Å². The molecule has 3 aromatic rings. The molecule has 1 aromatic heterocycles. The summed E-state index contributed by atoms with van der Waals surface area (Å²) in [5.74, 6) is -1.98. The van der Waals surface area contributed by atoms with Crippen molar-refractivity contribution in [3.8, 4) is 17.0 Å². The first kappa shape index (κ1) is 27.2. The highest BCUT2D eigenvalue weighted by Gasteiger charge is 2.31. The summed E-state index contributed by atoms with van der Waals surface area (Å²) in [6.07, 6.45) is -4.87. The summed E-state index contributed by atoms with van der Waals surface area (Å²) in [6, 6.07) is 14.8. The van der Waals surface area contributed by atoms with Gasteiger partial charge in [0.25, 0.3) is 0 Å².